The molecule has 0 aromatic rings. The van der Waals surface area contributed by atoms with Gasteiger partial charge in [0.15, 0.2) is 0 Å². The van der Waals surface area contributed by atoms with E-state index < -0.39 is 6.10 Å². The molecule has 4 nitrogen and oxygen atoms in total. The summed E-state index contributed by atoms with van der Waals surface area (Å²) < 4.78 is 5.30. The highest BCUT2D eigenvalue weighted by Crippen LogP contribution is 2.34. The van der Waals surface area contributed by atoms with Crippen molar-refractivity contribution in [2.24, 2.45) is 29.6 Å². The molecular formula is C21H36O4. The van der Waals surface area contributed by atoms with Gasteiger partial charge < -0.3 is 9.84 Å². The third-order valence-electron chi connectivity index (χ3n) is 5.77. The van der Waals surface area contributed by atoms with Crippen LogP contribution in [-0.4, -0.2) is 29.1 Å². The van der Waals surface area contributed by atoms with E-state index in [0.717, 1.165) is 24.8 Å². The Bertz CT molecular complexity index is 496. The molecule has 0 saturated carbocycles. The molecule has 0 radical (unpaired) electrons. The van der Waals surface area contributed by atoms with Crippen molar-refractivity contribution < 1.29 is 19.4 Å². The average molecular weight is 353 g/mol. The van der Waals surface area contributed by atoms with Crippen molar-refractivity contribution in [3.8, 4) is 0 Å². The Morgan fingerprint density at radius 1 is 1.24 bits per heavy atom. The number of cyclic esters (lactones) is 1. The summed E-state index contributed by atoms with van der Waals surface area (Å²) in [4.78, 5) is 24.0. The Hall–Kier alpha value is -1.16. The Labute approximate surface area is 153 Å². The van der Waals surface area contributed by atoms with Crippen molar-refractivity contribution in [3.63, 3.8) is 0 Å². The van der Waals surface area contributed by atoms with Crippen LogP contribution in [0.3, 0.4) is 0 Å². The molecule has 25 heavy (non-hydrogen) atoms. The van der Waals surface area contributed by atoms with E-state index in [0.29, 0.717) is 0 Å². The van der Waals surface area contributed by atoms with E-state index in [-0.39, 0.29) is 47.4 Å². The molecule has 0 amide bonds. The molecule has 0 bridgehead atoms. The molecule has 7 atom stereocenters. The second-order valence-corrected chi connectivity index (χ2v) is 7.97. The highest BCUT2D eigenvalue weighted by molar-refractivity contribution is 5.85. The number of aliphatic hydroxyl groups is 1. The molecule has 0 unspecified atom stereocenters. The lowest BCUT2D eigenvalue weighted by atomic mass is 9.81. The van der Waals surface area contributed by atoms with Gasteiger partial charge in [-0.25, -0.2) is 0 Å². The van der Waals surface area contributed by atoms with Crippen LogP contribution in [-0.2, 0) is 14.3 Å². The van der Waals surface area contributed by atoms with Gasteiger partial charge in [-0.1, -0.05) is 59.6 Å². The maximum atomic E-state index is 12.6. The van der Waals surface area contributed by atoms with E-state index in [2.05, 4.69) is 6.92 Å². The van der Waals surface area contributed by atoms with Crippen molar-refractivity contribution in [2.75, 3.05) is 0 Å². The van der Waals surface area contributed by atoms with E-state index in [1.54, 1.807) is 0 Å². The minimum absolute atomic E-state index is 0.00185. The lowest BCUT2D eigenvalue weighted by molar-refractivity contribution is -0.191. The minimum atomic E-state index is -0.590. The monoisotopic (exact) mass is 352 g/mol. The molecule has 1 N–H and O–H groups in total. The molecule has 1 aliphatic heterocycles. The molecule has 1 rings (SSSR count). The zero-order valence-electron chi connectivity index (χ0n) is 16.9. The Kier molecular flexibility index (Phi) is 8.33. The first-order valence-corrected chi connectivity index (χ1v) is 9.73. The fourth-order valence-corrected chi connectivity index (χ4v) is 3.80. The Morgan fingerprint density at radius 2 is 1.84 bits per heavy atom. The number of esters is 1. The summed E-state index contributed by atoms with van der Waals surface area (Å²) in [6.07, 6.45) is 3.90. The first-order chi connectivity index (χ1) is 11.6. The molecular weight excluding hydrogens is 316 g/mol. The standard InChI is InChI=1S/C21H36O4/c1-8-13(4)18(22)16(7)19(23)14(5)10-12(3)11-15(6)20-17(9-2)21(24)25-20/h10,13-18,20,22H,8-9,11H2,1-7H3/b12-10+/t13-,14+,15-,16-,17-,18-,20-/m0/s1. The number of allylic oxidation sites excluding steroid dienone is 2. The number of hydrogen-bond donors (Lipinski definition) is 1. The second-order valence-electron chi connectivity index (χ2n) is 7.97. The van der Waals surface area contributed by atoms with Crippen LogP contribution in [0.1, 0.15) is 67.7 Å². The van der Waals surface area contributed by atoms with Crippen LogP contribution < -0.4 is 0 Å². The first kappa shape index (κ1) is 21.9. The smallest absolute Gasteiger partial charge is 0.313 e. The van der Waals surface area contributed by atoms with Crippen LogP contribution in [0.15, 0.2) is 11.6 Å². The van der Waals surface area contributed by atoms with Crippen LogP contribution in [0.5, 0.6) is 0 Å². The maximum Gasteiger partial charge on any atom is 0.313 e. The van der Waals surface area contributed by atoms with E-state index in [1.165, 1.54) is 0 Å². The zero-order valence-corrected chi connectivity index (χ0v) is 16.9. The quantitative estimate of drug-likeness (QED) is 0.474. The van der Waals surface area contributed by atoms with Crippen molar-refractivity contribution in [1.82, 2.24) is 0 Å². The van der Waals surface area contributed by atoms with Gasteiger partial charge in [0.1, 0.15) is 11.9 Å². The Balaban J connectivity index is 2.62. The lowest BCUT2D eigenvalue weighted by Crippen LogP contribution is -2.48. The summed E-state index contributed by atoms with van der Waals surface area (Å²) in [5.74, 6) is -0.179. The second kappa shape index (κ2) is 9.51. The van der Waals surface area contributed by atoms with Gasteiger partial charge in [-0.15, -0.1) is 0 Å². The summed E-state index contributed by atoms with van der Waals surface area (Å²) in [6.45, 7) is 13.9. The summed E-state index contributed by atoms with van der Waals surface area (Å²) in [6, 6.07) is 0. The fourth-order valence-electron chi connectivity index (χ4n) is 3.80. The van der Waals surface area contributed by atoms with E-state index in [1.807, 2.05) is 47.6 Å². The highest BCUT2D eigenvalue weighted by Gasteiger charge is 2.43. The van der Waals surface area contributed by atoms with Crippen LogP contribution in [0.2, 0.25) is 0 Å². The number of carbonyl (C=O) groups is 2. The molecule has 0 spiro atoms. The zero-order chi connectivity index (χ0) is 19.3. The van der Waals surface area contributed by atoms with Gasteiger partial charge in [0.2, 0.25) is 0 Å². The van der Waals surface area contributed by atoms with Crippen molar-refractivity contribution in [1.29, 1.82) is 0 Å². The summed E-state index contributed by atoms with van der Waals surface area (Å²) in [5, 5.41) is 10.3. The van der Waals surface area contributed by atoms with E-state index in [4.69, 9.17) is 4.74 Å². The first-order valence-electron chi connectivity index (χ1n) is 9.73. The summed E-state index contributed by atoms with van der Waals surface area (Å²) >= 11 is 0. The van der Waals surface area contributed by atoms with Gasteiger partial charge in [0, 0.05) is 11.8 Å². The van der Waals surface area contributed by atoms with Gasteiger partial charge in [0.25, 0.3) is 0 Å². The lowest BCUT2D eigenvalue weighted by Gasteiger charge is -2.38. The molecule has 1 aliphatic rings. The summed E-state index contributed by atoms with van der Waals surface area (Å²) in [7, 11) is 0. The number of ether oxygens (including phenoxy) is 1. The molecule has 0 aliphatic carbocycles. The van der Waals surface area contributed by atoms with Crippen molar-refractivity contribution in [3.05, 3.63) is 11.6 Å². The van der Waals surface area contributed by atoms with Crippen LogP contribution in [0.25, 0.3) is 0 Å². The van der Waals surface area contributed by atoms with Gasteiger partial charge in [0.05, 0.1) is 12.0 Å². The van der Waals surface area contributed by atoms with Crippen LogP contribution in [0.4, 0.5) is 0 Å². The molecule has 4 heteroatoms. The highest BCUT2D eigenvalue weighted by atomic mass is 16.6. The number of ketones is 1. The third-order valence-corrected chi connectivity index (χ3v) is 5.77. The van der Waals surface area contributed by atoms with Crippen molar-refractivity contribution in [2.45, 2.75) is 79.9 Å². The average Bonchev–Trinajstić information content (AvgIpc) is 2.56. The predicted octanol–water partition coefficient (Wildman–Crippen LogP) is 4.16. The predicted molar refractivity (Wildman–Crippen MR) is 100.0 cm³/mol. The number of carbonyl (C=O) groups excluding carboxylic acids is 2. The number of Topliss-reactive ketones (excluding diaryl/α,β-unsaturated/α-hetero) is 1. The molecule has 1 fully saturated rings. The summed E-state index contributed by atoms with van der Waals surface area (Å²) in [5.41, 5.74) is 1.14. The molecule has 1 saturated heterocycles. The normalized spacial score (nSPS) is 26.9. The molecule has 144 valence electrons. The largest absolute Gasteiger partial charge is 0.461 e. The van der Waals surface area contributed by atoms with Gasteiger partial charge in [-0.2, -0.15) is 0 Å². The van der Waals surface area contributed by atoms with Gasteiger partial charge >= 0.3 is 5.97 Å². The van der Waals surface area contributed by atoms with Gasteiger partial charge in [-0.3, -0.25) is 9.59 Å². The molecule has 0 aromatic carbocycles. The number of rotatable bonds is 10. The topological polar surface area (TPSA) is 63.6 Å². The third kappa shape index (κ3) is 5.40. The number of hydrogen-bond acceptors (Lipinski definition) is 4. The molecule has 0 aromatic heterocycles. The fraction of sp³-hybridized carbons (Fsp3) is 0.810. The number of aliphatic hydroxyl groups excluding tert-OH is 1. The minimum Gasteiger partial charge on any atom is -0.461 e. The molecule has 1 heterocycles. The van der Waals surface area contributed by atoms with Crippen LogP contribution >= 0.6 is 0 Å². The maximum absolute atomic E-state index is 12.6. The SMILES string of the molecule is CC[C@@H]1C(=O)O[C@H]1[C@@H](C)C/C(C)=C/[C@@H](C)C(=O)[C@@H](C)[C@@H](O)[C@@H](C)CC. The van der Waals surface area contributed by atoms with Crippen LogP contribution in [0, 0.1) is 29.6 Å². The Morgan fingerprint density at radius 3 is 2.32 bits per heavy atom. The van der Waals surface area contributed by atoms with Gasteiger partial charge in [-0.05, 0) is 31.6 Å². The van der Waals surface area contributed by atoms with E-state index >= 15 is 0 Å². The van der Waals surface area contributed by atoms with Crippen molar-refractivity contribution >= 4 is 11.8 Å². The van der Waals surface area contributed by atoms with E-state index in [9.17, 15) is 14.7 Å².